The molecule has 1 radical (unpaired) electrons. The normalized spacial score (nSPS) is 12.0. The fraction of sp³-hybridized carbons (Fsp3) is 0.400. The predicted molar refractivity (Wildman–Crippen MR) is 140 cm³/mol. The number of benzene rings is 2. The third-order valence-corrected chi connectivity index (χ3v) is 5.86. The molecule has 1 heterocycles. The summed E-state index contributed by atoms with van der Waals surface area (Å²) in [6, 6.07) is 12.7. The van der Waals surface area contributed by atoms with Crippen LogP contribution in [-0.4, -0.2) is 15.9 Å². The van der Waals surface area contributed by atoms with E-state index in [1.54, 1.807) is 13.0 Å². The molecule has 1 aromatic heterocycles. The number of allylic oxidation sites excluding steroid dienone is 2. The monoisotopic (exact) mass is 655 g/mol. The molecule has 5 heteroatoms. The molecule has 2 aromatic carbocycles. The fourth-order valence-electron chi connectivity index (χ4n) is 3.05. The Morgan fingerprint density at radius 2 is 1.54 bits per heavy atom. The van der Waals surface area contributed by atoms with Gasteiger partial charge in [-0.3, -0.25) is 9.78 Å². The van der Waals surface area contributed by atoms with E-state index in [9.17, 15) is 14.3 Å². The van der Waals surface area contributed by atoms with E-state index >= 15 is 0 Å². The zero-order valence-electron chi connectivity index (χ0n) is 22.5. The van der Waals surface area contributed by atoms with Gasteiger partial charge >= 0.3 is 0 Å². The molecule has 0 amide bonds. The van der Waals surface area contributed by atoms with Crippen LogP contribution >= 0.6 is 0 Å². The van der Waals surface area contributed by atoms with Gasteiger partial charge in [-0.25, -0.2) is 4.39 Å². The first-order valence-electron chi connectivity index (χ1n) is 11.5. The van der Waals surface area contributed by atoms with Gasteiger partial charge in [-0.05, 0) is 30.3 Å². The number of rotatable bonds is 2. The van der Waals surface area contributed by atoms with Crippen molar-refractivity contribution < 1.29 is 34.4 Å². The van der Waals surface area contributed by atoms with Crippen LogP contribution in [0.25, 0.3) is 22.2 Å². The summed E-state index contributed by atoms with van der Waals surface area (Å²) in [5, 5.41) is 10.4. The third-order valence-electron chi connectivity index (χ3n) is 5.86. The molecule has 35 heavy (non-hydrogen) atoms. The first-order valence-corrected chi connectivity index (χ1v) is 11.5. The molecule has 0 fully saturated rings. The fourth-order valence-corrected chi connectivity index (χ4v) is 3.05. The molecule has 0 spiro atoms. The molecule has 0 aliphatic heterocycles. The smallest absolute Gasteiger partial charge is 0.164 e. The number of carbonyl (C=O) groups excluding carboxylic acids is 1. The molecule has 0 aliphatic carbocycles. The zero-order chi connectivity index (χ0) is 26.0. The van der Waals surface area contributed by atoms with Crippen molar-refractivity contribution in [1.29, 1.82) is 0 Å². The molecular weight excluding hydrogens is 618 g/mol. The molecule has 0 saturated heterocycles. The number of aliphatic hydroxyl groups is 1. The van der Waals surface area contributed by atoms with Gasteiger partial charge in [-0.2, -0.15) is 0 Å². The second kappa shape index (κ2) is 11.6. The minimum atomic E-state index is -0.417. The van der Waals surface area contributed by atoms with Gasteiger partial charge in [0.05, 0.1) is 5.52 Å². The average Bonchev–Trinajstić information content (AvgIpc) is 2.71. The number of carbonyl (C=O) groups is 1. The van der Waals surface area contributed by atoms with Gasteiger partial charge in [0, 0.05) is 42.4 Å². The van der Waals surface area contributed by atoms with Crippen LogP contribution in [0.15, 0.2) is 42.2 Å². The summed E-state index contributed by atoms with van der Waals surface area (Å²) in [6.07, 6.45) is 1.33. The van der Waals surface area contributed by atoms with Crippen molar-refractivity contribution in [2.24, 2.45) is 10.8 Å². The Morgan fingerprint density at radius 3 is 2.06 bits per heavy atom. The Kier molecular flexibility index (Phi) is 10.1. The summed E-state index contributed by atoms with van der Waals surface area (Å²) in [5.74, 6) is -0.0852. The number of nitrogens with zero attached hydrogens (tertiary/aromatic N) is 1. The van der Waals surface area contributed by atoms with Gasteiger partial charge in [-0.1, -0.05) is 74.4 Å². The molecule has 1 N–H and O–H groups in total. The second-order valence-corrected chi connectivity index (χ2v) is 11.0. The first-order chi connectivity index (χ1) is 15.5. The van der Waals surface area contributed by atoms with Crippen molar-refractivity contribution in [3.05, 3.63) is 76.3 Å². The van der Waals surface area contributed by atoms with Crippen LogP contribution in [0.2, 0.25) is 0 Å². The number of pyridine rings is 1. The van der Waals surface area contributed by atoms with Gasteiger partial charge in [0.15, 0.2) is 5.78 Å². The van der Waals surface area contributed by atoms with Gasteiger partial charge in [-0.15, -0.1) is 34.4 Å². The Labute approximate surface area is 223 Å². The van der Waals surface area contributed by atoms with Crippen LogP contribution in [-0.2, 0) is 24.9 Å². The van der Waals surface area contributed by atoms with E-state index in [0.29, 0.717) is 5.56 Å². The predicted octanol–water partition coefficient (Wildman–Crippen LogP) is 8.16. The molecule has 0 saturated carbocycles. The maximum absolute atomic E-state index is 13.6. The molecule has 0 bridgehead atoms. The number of aryl methyl sites for hydroxylation is 3. The molecule has 191 valence electrons. The van der Waals surface area contributed by atoms with Crippen molar-refractivity contribution >= 4 is 16.7 Å². The first kappa shape index (κ1) is 30.7. The van der Waals surface area contributed by atoms with Crippen LogP contribution in [0.1, 0.15) is 63.8 Å². The van der Waals surface area contributed by atoms with Gasteiger partial charge in [0.25, 0.3) is 0 Å². The van der Waals surface area contributed by atoms with E-state index < -0.39 is 5.41 Å². The van der Waals surface area contributed by atoms with Crippen molar-refractivity contribution in [2.75, 3.05) is 0 Å². The van der Waals surface area contributed by atoms with Crippen molar-refractivity contribution in [3.63, 3.8) is 0 Å². The number of fused-ring (bicyclic) bond motifs is 1. The van der Waals surface area contributed by atoms with Gasteiger partial charge in [0.2, 0.25) is 0 Å². The average molecular weight is 655 g/mol. The third kappa shape index (κ3) is 8.08. The van der Waals surface area contributed by atoms with Crippen molar-refractivity contribution in [1.82, 2.24) is 4.98 Å². The summed E-state index contributed by atoms with van der Waals surface area (Å²) < 4.78 is 13.6. The molecule has 3 nitrogen and oxygen atoms in total. The van der Waals surface area contributed by atoms with E-state index in [1.807, 2.05) is 53.7 Å². The molecular formula is C30H37FIrNO2-. The number of hydrogen-bond donors (Lipinski definition) is 1. The Hall–Kier alpha value is -2.36. The molecule has 0 unspecified atom stereocenters. The summed E-state index contributed by atoms with van der Waals surface area (Å²) in [7, 11) is 0. The Balaban J connectivity index is 0.000000383. The minimum Gasteiger partial charge on any atom is -0.512 e. The van der Waals surface area contributed by atoms with Crippen LogP contribution in [0.4, 0.5) is 4.39 Å². The Bertz CT molecular complexity index is 1220. The van der Waals surface area contributed by atoms with Crippen LogP contribution in [0, 0.1) is 50.4 Å². The number of aliphatic hydroxyl groups excluding tert-OH is 1. The quantitative estimate of drug-likeness (QED) is 0.172. The topological polar surface area (TPSA) is 50.2 Å². The maximum atomic E-state index is 13.6. The molecule has 3 rings (SSSR count). The van der Waals surface area contributed by atoms with Crippen LogP contribution in [0.3, 0.4) is 0 Å². The van der Waals surface area contributed by atoms with Crippen LogP contribution in [0.5, 0.6) is 0 Å². The number of ketones is 1. The number of halogens is 1. The van der Waals surface area contributed by atoms with E-state index in [-0.39, 0.29) is 42.9 Å². The van der Waals surface area contributed by atoms with Crippen molar-refractivity contribution in [2.45, 2.75) is 69.2 Å². The largest absolute Gasteiger partial charge is 0.512 e. The van der Waals surface area contributed by atoms with Gasteiger partial charge in [0.1, 0.15) is 11.6 Å². The summed E-state index contributed by atoms with van der Waals surface area (Å²) in [4.78, 5) is 16.1. The zero-order valence-corrected chi connectivity index (χ0v) is 24.9. The summed E-state index contributed by atoms with van der Waals surface area (Å²) in [6.45, 7) is 19.1. The SMILES string of the molecule is CC(C)(C)C(=O)/C=C(\O)C(C)(C)C.Cc1[c-]c(-c2ccc3cc(F)c(C)cc3n2)cc(C)c1C.[Ir]. The second-order valence-electron chi connectivity index (χ2n) is 11.0. The van der Waals surface area contributed by atoms with Gasteiger partial charge < -0.3 is 5.11 Å². The van der Waals surface area contributed by atoms with E-state index in [4.69, 9.17) is 0 Å². The summed E-state index contributed by atoms with van der Waals surface area (Å²) >= 11 is 0. The van der Waals surface area contributed by atoms with Crippen LogP contribution < -0.4 is 0 Å². The van der Waals surface area contributed by atoms with E-state index in [0.717, 1.165) is 27.7 Å². The van der Waals surface area contributed by atoms with E-state index in [2.05, 4.69) is 37.9 Å². The standard InChI is InChI=1S/C19H17FN.C11H20O2.Ir/c1-11-7-16(8-12(2)14(11)4)18-6-5-15-10-17(20)13(3)9-19(15)21-18;1-10(2,3)8(12)7-9(13)11(4,5)6;/h5-7,9-10H,1-4H3;7,12H,1-6H3;/q-1;;/b;8-7-;. The van der Waals surface area contributed by atoms with E-state index in [1.165, 1.54) is 23.3 Å². The number of aromatic nitrogens is 1. The summed E-state index contributed by atoms with van der Waals surface area (Å²) in [5.41, 5.74) is 6.17. The van der Waals surface area contributed by atoms with Crippen molar-refractivity contribution in [3.8, 4) is 11.3 Å². The molecule has 0 aliphatic rings. The number of hydrogen-bond acceptors (Lipinski definition) is 3. The Morgan fingerprint density at radius 1 is 0.943 bits per heavy atom. The molecule has 3 aromatic rings. The maximum Gasteiger partial charge on any atom is 0.164 e. The minimum absolute atomic E-state index is 0. The molecule has 0 atom stereocenters.